The molecular formula is C13H19F2N3O2S. The normalized spacial score (nSPS) is 22.2. The molecular weight excluding hydrogens is 300 g/mol. The lowest BCUT2D eigenvalue weighted by atomic mass is 10.3. The number of hydrogen-bond acceptors (Lipinski definition) is 4. The summed E-state index contributed by atoms with van der Waals surface area (Å²) in [4.78, 5) is 1.31. The van der Waals surface area contributed by atoms with E-state index in [1.54, 1.807) is 6.92 Å². The number of nitrogens with zero attached hydrogens (tertiary/aromatic N) is 2. The smallest absolute Gasteiger partial charge is 0.246 e. The molecule has 2 rings (SSSR count). The molecule has 0 spiro atoms. The Labute approximate surface area is 123 Å². The van der Waals surface area contributed by atoms with Gasteiger partial charge in [-0.3, -0.25) is 0 Å². The van der Waals surface area contributed by atoms with E-state index in [1.807, 2.05) is 11.9 Å². The maximum Gasteiger partial charge on any atom is 0.246 e. The van der Waals surface area contributed by atoms with Gasteiger partial charge in [0.25, 0.3) is 0 Å². The number of rotatable bonds is 2. The van der Waals surface area contributed by atoms with Crippen LogP contribution in [-0.2, 0) is 10.0 Å². The molecule has 8 heteroatoms. The molecule has 0 amide bonds. The van der Waals surface area contributed by atoms with Crippen LogP contribution in [-0.4, -0.2) is 50.3 Å². The van der Waals surface area contributed by atoms with E-state index in [1.165, 1.54) is 4.31 Å². The van der Waals surface area contributed by atoms with E-state index in [-0.39, 0.29) is 18.3 Å². The van der Waals surface area contributed by atoms with Gasteiger partial charge in [-0.25, -0.2) is 17.2 Å². The lowest BCUT2D eigenvalue weighted by Crippen LogP contribution is -2.42. The van der Waals surface area contributed by atoms with Gasteiger partial charge in [-0.15, -0.1) is 0 Å². The van der Waals surface area contributed by atoms with Crippen molar-refractivity contribution in [3.8, 4) is 0 Å². The minimum absolute atomic E-state index is 0.118. The largest absolute Gasteiger partial charge is 0.399 e. The monoisotopic (exact) mass is 319 g/mol. The Morgan fingerprint density at radius 3 is 2.62 bits per heavy atom. The molecule has 1 aliphatic heterocycles. The van der Waals surface area contributed by atoms with Gasteiger partial charge in [-0.05, 0) is 39.1 Å². The van der Waals surface area contributed by atoms with Crippen LogP contribution in [0.1, 0.15) is 13.3 Å². The van der Waals surface area contributed by atoms with Crippen molar-refractivity contribution in [2.24, 2.45) is 0 Å². The van der Waals surface area contributed by atoms with Gasteiger partial charge in [-0.2, -0.15) is 4.31 Å². The highest BCUT2D eigenvalue weighted by Gasteiger charge is 2.34. The standard InChI is InChI=1S/C13H19F2N3O2S/c1-9-8-17(2)4-3-5-18(9)21(19,20)12-7-10(16)6-11(14)13(12)15/h6-7,9H,3-5,8,16H2,1-2H3. The van der Waals surface area contributed by atoms with Gasteiger partial charge in [0.05, 0.1) is 0 Å². The Kier molecular flexibility index (Phi) is 4.50. The number of anilines is 1. The number of nitrogen functional groups attached to an aromatic ring is 1. The van der Waals surface area contributed by atoms with Crippen molar-refractivity contribution in [2.75, 3.05) is 32.4 Å². The molecule has 1 aromatic rings. The highest BCUT2D eigenvalue weighted by Crippen LogP contribution is 2.26. The van der Waals surface area contributed by atoms with E-state index in [0.717, 1.165) is 18.7 Å². The fourth-order valence-corrected chi connectivity index (χ4v) is 4.38. The van der Waals surface area contributed by atoms with Gasteiger partial charge in [0.15, 0.2) is 11.6 Å². The zero-order valence-electron chi connectivity index (χ0n) is 12.0. The third-order valence-corrected chi connectivity index (χ3v) is 5.60. The molecule has 0 radical (unpaired) electrons. The molecule has 1 aliphatic rings. The van der Waals surface area contributed by atoms with Crippen LogP contribution in [0.3, 0.4) is 0 Å². The molecule has 1 unspecified atom stereocenters. The summed E-state index contributed by atoms with van der Waals surface area (Å²) >= 11 is 0. The number of hydrogen-bond donors (Lipinski definition) is 1. The first-order chi connectivity index (χ1) is 9.73. The van der Waals surface area contributed by atoms with Crippen molar-refractivity contribution in [3.05, 3.63) is 23.8 Å². The highest BCUT2D eigenvalue weighted by atomic mass is 32.2. The van der Waals surface area contributed by atoms with Gasteiger partial charge >= 0.3 is 0 Å². The maximum absolute atomic E-state index is 13.9. The van der Waals surface area contributed by atoms with E-state index in [4.69, 9.17) is 5.73 Å². The van der Waals surface area contributed by atoms with Gasteiger partial charge in [0.2, 0.25) is 10.0 Å². The average Bonchev–Trinajstić information content (AvgIpc) is 2.54. The number of benzene rings is 1. The summed E-state index contributed by atoms with van der Waals surface area (Å²) in [5.74, 6) is -2.64. The summed E-state index contributed by atoms with van der Waals surface area (Å²) in [6.07, 6.45) is 0.631. The zero-order chi connectivity index (χ0) is 15.8. The molecule has 1 fully saturated rings. The van der Waals surface area contributed by atoms with E-state index < -0.39 is 26.6 Å². The van der Waals surface area contributed by atoms with E-state index >= 15 is 0 Å². The van der Waals surface area contributed by atoms with Crippen LogP contribution in [0.25, 0.3) is 0 Å². The van der Waals surface area contributed by atoms with Crippen molar-refractivity contribution >= 4 is 15.7 Å². The summed E-state index contributed by atoms with van der Waals surface area (Å²) in [7, 11) is -2.23. The van der Waals surface area contributed by atoms with Gasteiger partial charge in [-0.1, -0.05) is 0 Å². The third kappa shape index (κ3) is 3.17. The lowest BCUT2D eigenvalue weighted by Gasteiger charge is -2.27. The first kappa shape index (κ1) is 16.1. The Morgan fingerprint density at radius 1 is 1.29 bits per heavy atom. The lowest BCUT2D eigenvalue weighted by molar-refractivity contribution is 0.290. The molecule has 1 heterocycles. The molecule has 5 nitrogen and oxygen atoms in total. The second-order valence-corrected chi connectivity index (χ2v) is 7.25. The van der Waals surface area contributed by atoms with Gasteiger partial charge < -0.3 is 10.6 Å². The van der Waals surface area contributed by atoms with Crippen LogP contribution in [0.15, 0.2) is 17.0 Å². The molecule has 1 aromatic carbocycles. The zero-order valence-corrected chi connectivity index (χ0v) is 12.8. The first-order valence-corrected chi connectivity index (χ1v) is 8.12. The molecule has 1 atom stereocenters. The number of nitrogens with two attached hydrogens (primary N) is 1. The van der Waals surface area contributed by atoms with E-state index in [0.29, 0.717) is 13.0 Å². The summed E-state index contributed by atoms with van der Waals surface area (Å²) in [6.45, 7) is 3.30. The summed E-state index contributed by atoms with van der Waals surface area (Å²) in [5, 5.41) is 0. The van der Waals surface area contributed by atoms with E-state index in [2.05, 4.69) is 0 Å². The SMILES string of the molecule is CC1CN(C)CCCN1S(=O)(=O)c1cc(N)cc(F)c1F. The molecule has 2 N–H and O–H groups in total. The number of halogens is 2. The maximum atomic E-state index is 13.9. The second kappa shape index (κ2) is 5.86. The van der Waals surface area contributed by atoms with Crippen LogP contribution in [0.4, 0.5) is 14.5 Å². The molecule has 0 aliphatic carbocycles. The Hall–Kier alpha value is -1.25. The van der Waals surface area contributed by atoms with Crippen LogP contribution < -0.4 is 5.73 Å². The molecule has 0 bridgehead atoms. The fraction of sp³-hybridized carbons (Fsp3) is 0.538. The summed E-state index contributed by atoms with van der Waals surface area (Å²) in [6, 6.07) is 1.41. The van der Waals surface area contributed by atoms with Gasteiger partial charge in [0.1, 0.15) is 4.90 Å². The number of sulfonamides is 1. The minimum atomic E-state index is -4.12. The molecule has 21 heavy (non-hydrogen) atoms. The molecule has 0 aromatic heterocycles. The van der Waals surface area contributed by atoms with Crippen molar-refractivity contribution in [1.29, 1.82) is 0 Å². The average molecular weight is 319 g/mol. The Balaban J connectivity index is 2.46. The fourth-order valence-electron chi connectivity index (χ4n) is 2.61. The topological polar surface area (TPSA) is 66.6 Å². The third-order valence-electron chi connectivity index (χ3n) is 3.59. The Bertz CT molecular complexity index is 637. The highest BCUT2D eigenvalue weighted by molar-refractivity contribution is 7.89. The Morgan fingerprint density at radius 2 is 1.95 bits per heavy atom. The second-order valence-electron chi connectivity index (χ2n) is 5.40. The van der Waals surface area contributed by atoms with Crippen molar-refractivity contribution in [1.82, 2.24) is 9.21 Å². The first-order valence-electron chi connectivity index (χ1n) is 6.68. The number of likely N-dealkylation sites (N-methyl/N-ethyl adjacent to an activating group) is 1. The van der Waals surface area contributed by atoms with Crippen molar-refractivity contribution in [3.63, 3.8) is 0 Å². The molecule has 0 saturated carbocycles. The molecule has 118 valence electrons. The molecule has 1 saturated heterocycles. The summed E-state index contributed by atoms with van der Waals surface area (Å²) in [5.41, 5.74) is 5.33. The van der Waals surface area contributed by atoms with Gasteiger partial charge in [0, 0.05) is 24.8 Å². The van der Waals surface area contributed by atoms with Crippen LogP contribution in [0, 0.1) is 11.6 Å². The quantitative estimate of drug-likeness (QED) is 0.834. The van der Waals surface area contributed by atoms with Crippen LogP contribution in [0.2, 0.25) is 0 Å². The predicted octanol–water partition coefficient (Wildman–Crippen LogP) is 1.26. The van der Waals surface area contributed by atoms with Crippen LogP contribution in [0.5, 0.6) is 0 Å². The summed E-state index contributed by atoms with van der Waals surface area (Å²) < 4.78 is 53.8. The van der Waals surface area contributed by atoms with Crippen LogP contribution >= 0.6 is 0 Å². The van der Waals surface area contributed by atoms with E-state index in [9.17, 15) is 17.2 Å². The van der Waals surface area contributed by atoms with Crippen molar-refractivity contribution < 1.29 is 17.2 Å². The predicted molar refractivity (Wildman–Crippen MR) is 76.2 cm³/mol. The van der Waals surface area contributed by atoms with Crippen molar-refractivity contribution in [2.45, 2.75) is 24.3 Å². The minimum Gasteiger partial charge on any atom is -0.399 e.